The number of hydrogen-bond donors (Lipinski definition) is 0. The number of Topliss-reactive ketones (excluding diaryl/α,β-unsaturated/α-hetero) is 1. The van der Waals surface area contributed by atoms with Crippen LogP contribution in [0.4, 0.5) is 17.1 Å². The number of carbonyl (C=O) groups excluding carboxylic acids is 2. The van der Waals surface area contributed by atoms with Crippen LogP contribution in [0.3, 0.4) is 0 Å². The van der Waals surface area contributed by atoms with Crippen molar-refractivity contribution in [2.45, 2.75) is 13.8 Å². The Bertz CT molecular complexity index is 987. The highest BCUT2D eigenvalue weighted by Crippen LogP contribution is 2.25. The molecular formula is C22H22N4O2. The van der Waals surface area contributed by atoms with E-state index >= 15 is 0 Å². The lowest BCUT2D eigenvalue weighted by molar-refractivity contribution is -0.116. The molecule has 6 heteroatoms. The fourth-order valence-electron chi connectivity index (χ4n) is 2.87. The van der Waals surface area contributed by atoms with Crippen LogP contribution in [0.5, 0.6) is 0 Å². The Hall–Kier alpha value is -3.54. The van der Waals surface area contributed by atoms with Gasteiger partial charge < -0.3 is 4.90 Å². The highest BCUT2D eigenvalue weighted by atomic mass is 16.2. The molecule has 0 spiro atoms. The molecule has 0 fully saturated rings. The van der Waals surface area contributed by atoms with Crippen molar-refractivity contribution in [1.82, 2.24) is 0 Å². The van der Waals surface area contributed by atoms with Gasteiger partial charge in [0.05, 0.1) is 28.2 Å². The summed E-state index contributed by atoms with van der Waals surface area (Å²) in [4.78, 5) is 31.6. The molecule has 0 saturated carbocycles. The first-order chi connectivity index (χ1) is 13.4. The third-order valence-electron chi connectivity index (χ3n) is 4.38. The Balaban J connectivity index is 1.95. The average molecular weight is 374 g/mol. The van der Waals surface area contributed by atoms with E-state index in [0.717, 1.165) is 5.69 Å². The fourth-order valence-corrected chi connectivity index (χ4v) is 2.87. The number of hydrogen-bond acceptors (Lipinski definition) is 5. The number of aliphatic imine (C=N–C) groups is 1. The molecule has 1 heterocycles. The molecule has 0 bridgehead atoms. The molecule has 1 aliphatic heterocycles. The second-order valence-corrected chi connectivity index (χ2v) is 6.65. The summed E-state index contributed by atoms with van der Waals surface area (Å²) < 4.78 is 0. The summed E-state index contributed by atoms with van der Waals surface area (Å²) in [7, 11) is 3.92. The molecular weight excluding hydrogens is 352 g/mol. The van der Waals surface area contributed by atoms with Gasteiger partial charge in [0.15, 0.2) is 5.78 Å². The van der Waals surface area contributed by atoms with Crippen molar-refractivity contribution in [1.29, 1.82) is 0 Å². The number of para-hydroxylation sites is 1. The molecule has 28 heavy (non-hydrogen) atoms. The summed E-state index contributed by atoms with van der Waals surface area (Å²) in [5.41, 5.74) is 3.43. The first-order valence-corrected chi connectivity index (χ1v) is 8.90. The summed E-state index contributed by atoms with van der Waals surface area (Å²) in [6, 6.07) is 16.7. The molecule has 3 rings (SSSR count). The monoisotopic (exact) mass is 374 g/mol. The quantitative estimate of drug-likeness (QED) is 0.591. The van der Waals surface area contributed by atoms with Crippen LogP contribution in [0.1, 0.15) is 13.8 Å². The SMILES string of the molecule is CC(=O)/C(C=Nc1ccc(N(C)C)cc1)=C1/C(=O)N(c2ccccc2)N=C1C. The number of nitrogens with zero attached hydrogens (tertiary/aromatic N) is 4. The van der Waals surface area contributed by atoms with Crippen molar-refractivity contribution in [3.8, 4) is 0 Å². The number of allylic oxidation sites excluding steroid dienone is 1. The minimum absolute atomic E-state index is 0.235. The van der Waals surface area contributed by atoms with E-state index in [2.05, 4.69) is 10.1 Å². The van der Waals surface area contributed by atoms with E-state index in [1.54, 1.807) is 19.1 Å². The summed E-state index contributed by atoms with van der Waals surface area (Å²) in [6.45, 7) is 3.15. The molecule has 0 atom stereocenters. The maximum atomic E-state index is 12.9. The van der Waals surface area contributed by atoms with E-state index in [1.165, 1.54) is 18.1 Å². The predicted molar refractivity (Wildman–Crippen MR) is 114 cm³/mol. The highest BCUT2D eigenvalue weighted by molar-refractivity contribution is 6.36. The van der Waals surface area contributed by atoms with E-state index in [0.29, 0.717) is 17.1 Å². The molecule has 0 radical (unpaired) electrons. The first kappa shape index (κ1) is 19.2. The Morgan fingerprint density at radius 2 is 1.71 bits per heavy atom. The van der Waals surface area contributed by atoms with E-state index < -0.39 is 0 Å². The maximum absolute atomic E-state index is 12.9. The number of carbonyl (C=O) groups is 2. The van der Waals surface area contributed by atoms with Crippen molar-refractivity contribution in [3.05, 3.63) is 65.7 Å². The van der Waals surface area contributed by atoms with Gasteiger partial charge in [-0.2, -0.15) is 10.1 Å². The van der Waals surface area contributed by atoms with Crippen LogP contribution >= 0.6 is 0 Å². The van der Waals surface area contributed by atoms with Gasteiger partial charge in [0.2, 0.25) is 0 Å². The minimum Gasteiger partial charge on any atom is -0.378 e. The van der Waals surface area contributed by atoms with Gasteiger partial charge in [0.1, 0.15) is 0 Å². The lowest BCUT2D eigenvalue weighted by Gasteiger charge is -2.12. The predicted octanol–water partition coefficient (Wildman–Crippen LogP) is 3.76. The Kier molecular flexibility index (Phi) is 5.49. The Labute approximate surface area is 164 Å². The van der Waals surface area contributed by atoms with Crippen LogP contribution in [-0.2, 0) is 9.59 Å². The molecule has 0 unspecified atom stereocenters. The third-order valence-corrected chi connectivity index (χ3v) is 4.38. The van der Waals surface area contributed by atoms with Gasteiger partial charge in [-0.3, -0.25) is 14.6 Å². The number of benzene rings is 2. The molecule has 0 saturated heterocycles. The summed E-state index contributed by atoms with van der Waals surface area (Å²) in [5, 5.41) is 5.65. The molecule has 0 N–H and O–H groups in total. The van der Waals surface area contributed by atoms with Crippen LogP contribution in [-0.4, -0.2) is 37.7 Å². The number of rotatable bonds is 5. The van der Waals surface area contributed by atoms with Crippen LogP contribution in [0, 0.1) is 0 Å². The molecule has 142 valence electrons. The normalized spacial score (nSPS) is 15.8. The van der Waals surface area contributed by atoms with Gasteiger partial charge in [0, 0.05) is 26.0 Å². The molecule has 0 aliphatic carbocycles. The van der Waals surface area contributed by atoms with Crippen molar-refractivity contribution in [2.24, 2.45) is 10.1 Å². The van der Waals surface area contributed by atoms with E-state index in [9.17, 15) is 9.59 Å². The van der Waals surface area contributed by atoms with E-state index in [1.807, 2.05) is 61.5 Å². The number of anilines is 2. The van der Waals surface area contributed by atoms with Crippen molar-refractivity contribution >= 4 is 40.7 Å². The molecule has 2 aromatic rings. The molecule has 6 nitrogen and oxygen atoms in total. The van der Waals surface area contributed by atoms with Crippen molar-refractivity contribution in [2.75, 3.05) is 24.0 Å². The third kappa shape index (κ3) is 3.91. The number of amides is 1. The zero-order chi connectivity index (χ0) is 20.3. The first-order valence-electron chi connectivity index (χ1n) is 8.90. The van der Waals surface area contributed by atoms with Crippen LogP contribution in [0.2, 0.25) is 0 Å². The summed E-state index contributed by atoms with van der Waals surface area (Å²) >= 11 is 0. The van der Waals surface area contributed by atoms with Crippen LogP contribution < -0.4 is 9.91 Å². The van der Waals surface area contributed by atoms with Gasteiger partial charge in [-0.1, -0.05) is 18.2 Å². The summed E-state index contributed by atoms with van der Waals surface area (Å²) in [5.74, 6) is -0.565. The van der Waals surface area contributed by atoms with Crippen LogP contribution in [0.15, 0.2) is 75.8 Å². The molecule has 0 aromatic heterocycles. The van der Waals surface area contributed by atoms with Crippen LogP contribution in [0.25, 0.3) is 0 Å². The fraction of sp³-hybridized carbons (Fsp3) is 0.182. The second kappa shape index (κ2) is 8.00. The smallest absolute Gasteiger partial charge is 0.281 e. The zero-order valence-electron chi connectivity index (χ0n) is 16.4. The standard InChI is InChI=1S/C22H22N4O2/c1-15-21(22(28)26(24-15)19-8-6-5-7-9-19)20(16(2)27)14-23-17-10-12-18(13-11-17)25(3)4/h5-14H,1-4H3/b21-20+,23-14?. The van der Waals surface area contributed by atoms with Gasteiger partial charge in [-0.05, 0) is 50.2 Å². The van der Waals surface area contributed by atoms with Gasteiger partial charge in [0.25, 0.3) is 5.91 Å². The van der Waals surface area contributed by atoms with Gasteiger partial charge in [-0.25, -0.2) is 0 Å². The lowest BCUT2D eigenvalue weighted by Crippen LogP contribution is -2.23. The maximum Gasteiger partial charge on any atom is 0.281 e. The number of ketones is 1. The van der Waals surface area contributed by atoms with Crippen molar-refractivity contribution in [3.63, 3.8) is 0 Å². The summed E-state index contributed by atoms with van der Waals surface area (Å²) in [6.07, 6.45) is 1.45. The van der Waals surface area contributed by atoms with Gasteiger partial charge in [-0.15, -0.1) is 0 Å². The zero-order valence-corrected chi connectivity index (χ0v) is 16.4. The topological polar surface area (TPSA) is 65.3 Å². The largest absolute Gasteiger partial charge is 0.378 e. The Morgan fingerprint density at radius 1 is 1.07 bits per heavy atom. The molecule has 2 aromatic carbocycles. The molecule has 1 amide bonds. The molecule has 1 aliphatic rings. The lowest BCUT2D eigenvalue weighted by atomic mass is 10.0. The van der Waals surface area contributed by atoms with E-state index in [-0.39, 0.29) is 22.8 Å². The average Bonchev–Trinajstić information content (AvgIpc) is 2.97. The highest BCUT2D eigenvalue weighted by Gasteiger charge is 2.32. The number of hydrazone groups is 1. The minimum atomic E-state index is -0.330. The van der Waals surface area contributed by atoms with Gasteiger partial charge >= 0.3 is 0 Å². The van der Waals surface area contributed by atoms with E-state index in [4.69, 9.17) is 0 Å². The van der Waals surface area contributed by atoms with Crippen molar-refractivity contribution < 1.29 is 9.59 Å². The second-order valence-electron chi connectivity index (χ2n) is 6.65. The Morgan fingerprint density at radius 3 is 2.29 bits per heavy atom.